The molecule has 6 nitrogen and oxygen atoms in total. The predicted octanol–water partition coefficient (Wildman–Crippen LogP) is 1.85. The van der Waals surface area contributed by atoms with Gasteiger partial charge in [-0.2, -0.15) is 0 Å². The van der Waals surface area contributed by atoms with Gasteiger partial charge in [0.15, 0.2) is 0 Å². The molecule has 0 bridgehead atoms. The van der Waals surface area contributed by atoms with Gasteiger partial charge in [-0.1, -0.05) is 42.1 Å². The summed E-state index contributed by atoms with van der Waals surface area (Å²) < 4.78 is 1.83. The molecule has 1 atom stereocenters. The molecule has 0 aliphatic heterocycles. The van der Waals surface area contributed by atoms with E-state index in [0.717, 1.165) is 24.4 Å². The average Bonchev–Trinajstić information content (AvgIpc) is 3.28. The highest BCUT2D eigenvalue weighted by Crippen LogP contribution is 2.37. The number of hydrogen-bond donors (Lipinski definition) is 1. The number of carbonyl (C=O) groups is 1. The fourth-order valence-corrected chi connectivity index (χ4v) is 3.03. The Morgan fingerprint density at radius 3 is 2.91 bits per heavy atom. The van der Waals surface area contributed by atoms with E-state index in [-0.39, 0.29) is 11.2 Å². The fourth-order valence-electron chi connectivity index (χ4n) is 2.14. The van der Waals surface area contributed by atoms with Crippen molar-refractivity contribution in [2.24, 2.45) is 0 Å². The van der Waals surface area contributed by atoms with Gasteiger partial charge in [-0.15, -0.1) is 5.10 Å². The number of nitrogens with one attached hydrogen (secondary N) is 1. The number of hydrogen-bond acceptors (Lipinski definition) is 5. The van der Waals surface area contributed by atoms with Gasteiger partial charge >= 0.3 is 0 Å². The molecule has 2 aromatic rings. The summed E-state index contributed by atoms with van der Waals surface area (Å²) in [5.74, 6) is 0.0197. The van der Waals surface area contributed by atoms with E-state index in [1.807, 2.05) is 29.8 Å². The Balaban J connectivity index is 1.46. The monoisotopic (exact) mass is 317 g/mol. The van der Waals surface area contributed by atoms with Gasteiger partial charge in [-0.05, 0) is 42.2 Å². The summed E-state index contributed by atoms with van der Waals surface area (Å²) in [6.45, 7) is 2.52. The number of tetrazole rings is 1. The van der Waals surface area contributed by atoms with Crippen LogP contribution < -0.4 is 5.32 Å². The van der Waals surface area contributed by atoms with Crippen molar-refractivity contribution in [1.82, 2.24) is 25.5 Å². The summed E-state index contributed by atoms with van der Waals surface area (Å²) in [5.41, 5.74) is 1.22. The molecule has 116 valence electrons. The summed E-state index contributed by atoms with van der Waals surface area (Å²) in [6, 6.07) is 10.6. The molecule has 1 aliphatic rings. The van der Waals surface area contributed by atoms with Gasteiger partial charge in [0.05, 0.1) is 11.3 Å². The van der Waals surface area contributed by atoms with Crippen LogP contribution in [0.4, 0.5) is 0 Å². The average molecular weight is 317 g/mol. The van der Waals surface area contributed by atoms with Crippen LogP contribution in [0.25, 0.3) is 0 Å². The highest BCUT2D eigenvalue weighted by atomic mass is 32.2. The fraction of sp³-hybridized carbons (Fsp3) is 0.467. The van der Waals surface area contributed by atoms with Crippen molar-refractivity contribution in [2.75, 3.05) is 6.54 Å². The van der Waals surface area contributed by atoms with E-state index in [1.165, 1.54) is 17.3 Å². The zero-order valence-corrected chi connectivity index (χ0v) is 13.3. The van der Waals surface area contributed by atoms with Crippen molar-refractivity contribution in [2.45, 2.75) is 42.6 Å². The Kier molecular flexibility index (Phi) is 4.72. The number of amides is 1. The highest BCUT2D eigenvalue weighted by molar-refractivity contribution is 8.00. The maximum atomic E-state index is 12.1. The van der Waals surface area contributed by atoms with E-state index in [1.54, 1.807) is 0 Å². The Morgan fingerprint density at radius 2 is 2.18 bits per heavy atom. The van der Waals surface area contributed by atoms with Crippen LogP contribution in [0.1, 0.15) is 31.4 Å². The number of nitrogens with zero attached hydrogens (tertiary/aromatic N) is 4. The molecule has 22 heavy (non-hydrogen) atoms. The molecule has 0 saturated heterocycles. The molecule has 1 aromatic carbocycles. The van der Waals surface area contributed by atoms with Gasteiger partial charge < -0.3 is 5.32 Å². The lowest BCUT2D eigenvalue weighted by molar-refractivity contribution is -0.120. The predicted molar refractivity (Wildman–Crippen MR) is 84.6 cm³/mol. The van der Waals surface area contributed by atoms with Crippen LogP contribution in [0.5, 0.6) is 0 Å². The van der Waals surface area contributed by atoms with E-state index >= 15 is 0 Å². The molecule has 0 unspecified atom stereocenters. The molecule has 1 fully saturated rings. The van der Waals surface area contributed by atoms with Gasteiger partial charge in [0.25, 0.3) is 0 Å². The lowest BCUT2D eigenvalue weighted by atomic mass is 10.1. The quantitative estimate of drug-likeness (QED) is 0.789. The first-order valence-electron chi connectivity index (χ1n) is 7.50. The SMILES string of the molecule is C[C@H](Sc1nnnn1C1CC1)C(=O)NCCc1ccccc1. The van der Waals surface area contributed by atoms with Crippen LogP contribution in [-0.2, 0) is 11.2 Å². The number of aromatic nitrogens is 4. The summed E-state index contributed by atoms with van der Waals surface area (Å²) in [7, 11) is 0. The zero-order valence-electron chi connectivity index (χ0n) is 12.5. The number of rotatable bonds is 7. The highest BCUT2D eigenvalue weighted by Gasteiger charge is 2.29. The minimum absolute atomic E-state index is 0.0197. The summed E-state index contributed by atoms with van der Waals surface area (Å²) in [4.78, 5) is 12.1. The largest absolute Gasteiger partial charge is 0.355 e. The number of carbonyl (C=O) groups excluding carboxylic acids is 1. The molecule has 1 amide bonds. The summed E-state index contributed by atoms with van der Waals surface area (Å²) in [5, 5.41) is 15.2. The van der Waals surface area contributed by atoms with Crippen molar-refractivity contribution in [3.63, 3.8) is 0 Å². The second kappa shape index (κ2) is 6.91. The van der Waals surface area contributed by atoms with E-state index in [0.29, 0.717) is 12.6 Å². The van der Waals surface area contributed by atoms with Gasteiger partial charge in [0.1, 0.15) is 0 Å². The molecule has 1 aliphatic carbocycles. The van der Waals surface area contributed by atoms with Gasteiger partial charge in [0.2, 0.25) is 11.1 Å². The lowest BCUT2D eigenvalue weighted by Gasteiger charge is -2.11. The van der Waals surface area contributed by atoms with E-state index in [9.17, 15) is 4.79 Å². The first-order valence-corrected chi connectivity index (χ1v) is 8.38. The minimum Gasteiger partial charge on any atom is -0.355 e. The third kappa shape index (κ3) is 3.85. The molecule has 1 heterocycles. The lowest BCUT2D eigenvalue weighted by Crippen LogP contribution is -2.32. The van der Waals surface area contributed by atoms with Crippen LogP contribution in [0.15, 0.2) is 35.5 Å². The van der Waals surface area contributed by atoms with E-state index < -0.39 is 0 Å². The van der Waals surface area contributed by atoms with Crippen LogP contribution in [0, 0.1) is 0 Å². The van der Waals surface area contributed by atoms with Crippen molar-refractivity contribution in [3.8, 4) is 0 Å². The zero-order chi connectivity index (χ0) is 15.4. The molecule has 1 N–H and O–H groups in total. The molecular formula is C15H19N5OS. The maximum Gasteiger partial charge on any atom is 0.233 e. The standard InChI is InChI=1S/C15H19N5OS/c1-11(22-15-17-18-19-20(15)13-7-8-13)14(21)16-10-9-12-5-3-2-4-6-12/h2-6,11,13H,7-10H2,1H3,(H,16,21)/t11-/m0/s1. The van der Waals surface area contributed by atoms with Crippen LogP contribution in [-0.4, -0.2) is 37.9 Å². The van der Waals surface area contributed by atoms with Gasteiger partial charge in [-0.25, -0.2) is 4.68 Å². The molecule has 0 spiro atoms. The molecule has 1 aromatic heterocycles. The van der Waals surface area contributed by atoms with Crippen molar-refractivity contribution in [1.29, 1.82) is 0 Å². The first-order chi connectivity index (χ1) is 10.7. The van der Waals surface area contributed by atoms with Crippen molar-refractivity contribution in [3.05, 3.63) is 35.9 Å². The number of benzene rings is 1. The first kappa shape index (κ1) is 15.0. The molecule has 3 rings (SSSR count). The smallest absolute Gasteiger partial charge is 0.233 e. The normalized spacial score (nSPS) is 15.5. The van der Waals surface area contributed by atoms with Crippen LogP contribution >= 0.6 is 11.8 Å². The molecule has 7 heteroatoms. The molecule has 1 saturated carbocycles. The number of thioether (sulfide) groups is 1. The van der Waals surface area contributed by atoms with E-state index in [4.69, 9.17) is 0 Å². The second-order valence-corrected chi connectivity index (χ2v) is 6.73. The van der Waals surface area contributed by atoms with E-state index in [2.05, 4.69) is 33.0 Å². The Hall–Kier alpha value is -1.89. The summed E-state index contributed by atoms with van der Waals surface area (Å²) in [6.07, 6.45) is 3.08. The van der Waals surface area contributed by atoms with Gasteiger partial charge in [-0.3, -0.25) is 4.79 Å². The Bertz CT molecular complexity index is 626. The van der Waals surface area contributed by atoms with Crippen LogP contribution in [0.2, 0.25) is 0 Å². The summed E-state index contributed by atoms with van der Waals surface area (Å²) >= 11 is 1.41. The second-order valence-electron chi connectivity index (χ2n) is 5.42. The minimum atomic E-state index is -0.209. The maximum absolute atomic E-state index is 12.1. The third-order valence-electron chi connectivity index (χ3n) is 3.56. The van der Waals surface area contributed by atoms with Gasteiger partial charge in [0, 0.05) is 6.54 Å². The molecule has 0 radical (unpaired) electrons. The Morgan fingerprint density at radius 1 is 1.41 bits per heavy atom. The third-order valence-corrected chi connectivity index (χ3v) is 4.61. The van der Waals surface area contributed by atoms with Crippen molar-refractivity contribution >= 4 is 17.7 Å². The topological polar surface area (TPSA) is 72.7 Å². The van der Waals surface area contributed by atoms with Crippen LogP contribution in [0.3, 0.4) is 0 Å². The molecular weight excluding hydrogens is 298 g/mol. The van der Waals surface area contributed by atoms with Crippen molar-refractivity contribution < 1.29 is 4.79 Å². The Labute approximate surface area is 133 Å².